The number of rotatable bonds is 1. The number of aromatic nitrogens is 3. The molecule has 0 bridgehead atoms. The summed E-state index contributed by atoms with van der Waals surface area (Å²) < 4.78 is 5.73. The number of nitrogens with zero attached hydrogens (tertiary/aromatic N) is 3. The van der Waals surface area contributed by atoms with Gasteiger partial charge in [0.2, 0.25) is 0 Å². The molecule has 6 heteroatoms. The number of fused-ring (bicyclic) bond motifs is 3. The summed E-state index contributed by atoms with van der Waals surface area (Å²) in [5.41, 5.74) is 10.1. The van der Waals surface area contributed by atoms with Crippen molar-refractivity contribution in [2.45, 2.75) is 0 Å². The van der Waals surface area contributed by atoms with E-state index in [0.29, 0.717) is 33.0 Å². The predicted octanol–water partition coefficient (Wildman–Crippen LogP) is 3.67. The summed E-state index contributed by atoms with van der Waals surface area (Å²) >= 11 is 6.02. The van der Waals surface area contributed by atoms with Crippen LogP contribution in [0.15, 0.2) is 47.3 Å². The number of nitrogens with two attached hydrogens (primary N) is 1. The maximum atomic E-state index is 6.02. The van der Waals surface area contributed by atoms with Crippen LogP contribution in [0.3, 0.4) is 0 Å². The third-order valence-electron chi connectivity index (χ3n) is 3.28. The minimum atomic E-state index is 0.308. The number of pyridine rings is 1. The Bertz CT molecular complexity index is 980. The van der Waals surface area contributed by atoms with Crippen LogP contribution in [0.25, 0.3) is 33.3 Å². The van der Waals surface area contributed by atoms with E-state index in [1.807, 2.05) is 30.3 Å². The average molecular weight is 297 g/mol. The summed E-state index contributed by atoms with van der Waals surface area (Å²) in [7, 11) is 0. The Kier molecular flexibility index (Phi) is 2.55. The van der Waals surface area contributed by atoms with Crippen LogP contribution in [0, 0.1) is 0 Å². The highest BCUT2D eigenvalue weighted by Crippen LogP contribution is 2.31. The first-order valence-corrected chi connectivity index (χ1v) is 6.65. The second-order valence-electron chi connectivity index (χ2n) is 4.62. The number of anilines is 1. The van der Waals surface area contributed by atoms with Crippen molar-refractivity contribution in [2.24, 2.45) is 0 Å². The van der Waals surface area contributed by atoms with Crippen molar-refractivity contribution in [2.75, 3.05) is 5.73 Å². The number of hydrogen-bond donors (Lipinski definition) is 1. The number of benzene rings is 1. The topological polar surface area (TPSA) is 77.8 Å². The van der Waals surface area contributed by atoms with Crippen LogP contribution in [-0.4, -0.2) is 15.0 Å². The average Bonchev–Trinajstić information content (AvgIpc) is 2.87. The minimum Gasteiger partial charge on any atom is -0.449 e. The van der Waals surface area contributed by atoms with E-state index in [0.717, 1.165) is 11.1 Å². The lowest BCUT2D eigenvalue weighted by atomic mass is 10.1. The van der Waals surface area contributed by atoms with Gasteiger partial charge in [-0.15, -0.1) is 0 Å². The van der Waals surface area contributed by atoms with Crippen LogP contribution in [-0.2, 0) is 0 Å². The highest BCUT2D eigenvalue weighted by Gasteiger charge is 2.13. The Hall–Kier alpha value is -2.66. The van der Waals surface area contributed by atoms with Crippen molar-refractivity contribution >= 4 is 39.6 Å². The summed E-state index contributed by atoms with van der Waals surface area (Å²) in [4.78, 5) is 12.5. The fourth-order valence-corrected chi connectivity index (χ4v) is 2.48. The normalized spacial score (nSPS) is 11.3. The van der Waals surface area contributed by atoms with Gasteiger partial charge in [0.25, 0.3) is 0 Å². The third-order valence-corrected chi connectivity index (χ3v) is 3.51. The summed E-state index contributed by atoms with van der Waals surface area (Å²) in [5.74, 6) is 0.308. The fourth-order valence-electron chi connectivity index (χ4n) is 2.29. The number of nitrogen functional groups attached to an aromatic ring is 1. The van der Waals surface area contributed by atoms with E-state index < -0.39 is 0 Å². The lowest BCUT2D eigenvalue weighted by Gasteiger charge is -2.01. The minimum absolute atomic E-state index is 0.308. The molecule has 102 valence electrons. The molecule has 4 rings (SSSR count). The Morgan fingerprint density at radius 3 is 2.76 bits per heavy atom. The van der Waals surface area contributed by atoms with E-state index >= 15 is 0 Å². The summed E-state index contributed by atoms with van der Waals surface area (Å²) in [5, 5.41) is 0.673. The summed E-state index contributed by atoms with van der Waals surface area (Å²) in [6, 6.07) is 9.46. The second-order valence-corrected chi connectivity index (χ2v) is 5.06. The molecular formula is C15H9ClN4O. The molecule has 0 fully saturated rings. The lowest BCUT2D eigenvalue weighted by molar-refractivity contribution is 0.667. The van der Waals surface area contributed by atoms with Crippen molar-refractivity contribution in [3.8, 4) is 11.1 Å². The van der Waals surface area contributed by atoms with Crippen LogP contribution in [0.5, 0.6) is 0 Å². The molecule has 2 N–H and O–H groups in total. The van der Waals surface area contributed by atoms with Gasteiger partial charge in [-0.3, -0.25) is 0 Å². The first kappa shape index (κ1) is 12.1. The van der Waals surface area contributed by atoms with E-state index in [-0.39, 0.29) is 0 Å². The molecule has 1 aromatic carbocycles. The van der Waals surface area contributed by atoms with Crippen molar-refractivity contribution < 1.29 is 4.42 Å². The second kappa shape index (κ2) is 4.43. The molecule has 0 saturated carbocycles. The van der Waals surface area contributed by atoms with Gasteiger partial charge < -0.3 is 10.2 Å². The number of hydrogen-bond acceptors (Lipinski definition) is 5. The van der Waals surface area contributed by atoms with E-state index in [1.165, 1.54) is 6.33 Å². The Labute approximate surface area is 124 Å². The van der Waals surface area contributed by atoms with Crippen LogP contribution in [0.1, 0.15) is 0 Å². The molecule has 4 aromatic rings. The van der Waals surface area contributed by atoms with E-state index in [2.05, 4.69) is 15.0 Å². The van der Waals surface area contributed by atoms with Crippen molar-refractivity contribution in [1.29, 1.82) is 0 Å². The van der Waals surface area contributed by atoms with Gasteiger partial charge in [-0.2, -0.15) is 0 Å². The maximum absolute atomic E-state index is 6.02. The molecule has 0 amide bonds. The van der Waals surface area contributed by atoms with Crippen molar-refractivity contribution in [1.82, 2.24) is 15.0 Å². The molecule has 0 atom stereocenters. The zero-order valence-electron chi connectivity index (χ0n) is 10.7. The van der Waals surface area contributed by atoms with Gasteiger partial charge in [0.05, 0.1) is 0 Å². The molecule has 0 spiro atoms. The molecule has 3 aromatic heterocycles. The maximum Gasteiger partial charge on any atom is 0.197 e. The number of halogens is 1. The largest absolute Gasteiger partial charge is 0.449 e. The monoisotopic (exact) mass is 296 g/mol. The Morgan fingerprint density at radius 1 is 1.00 bits per heavy atom. The van der Waals surface area contributed by atoms with Gasteiger partial charge in [-0.1, -0.05) is 23.7 Å². The molecular weight excluding hydrogens is 288 g/mol. The lowest BCUT2D eigenvalue weighted by Crippen LogP contribution is -1.90. The molecule has 21 heavy (non-hydrogen) atoms. The predicted molar refractivity (Wildman–Crippen MR) is 82.0 cm³/mol. The first-order valence-electron chi connectivity index (χ1n) is 6.27. The smallest absolute Gasteiger partial charge is 0.197 e. The molecule has 0 saturated heterocycles. The Morgan fingerprint density at radius 2 is 1.90 bits per heavy atom. The fraction of sp³-hybridized carbons (Fsp3) is 0. The zero-order valence-corrected chi connectivity index (χ0v) is 11.5. The van der Waals surface area contributed by atoms with Gasteiger partial charge in [0.1, 0.15) is 17.4 Å². The van der Waals surface area contributed by atoms with Crippen LogP contribution in [0.4, 0.5) is 5.82 Å². The van der Waals surface area contributed by atoms with Crippen LogP contribution < -0.4 is 5.73 Å². The Balaban J connectivity index is 1.98. The van der Waals surface area contributed by atoms with Gasteiger partial charge in [0, 0.05) is 16.8 Å². The molecule has 0 aliphatic carbocycles. The van der Waals surface area contributed by atoms with E-state index in [9.17, 15) is 0 Å². The number of furan rings is 1. The van der Waals surface area contributed by atoms with Gasteiger partial charge in [-0.05, 0) is 23.8 Å². The highest BCUT2D eigenvalue weighted by molar-refractivity contribution is 6.30. The van der Waals surface area contributed by atoms with Crippen molar-refractivity contribution in [3.63, 3.8) is 0 Å². The van der Waals surface area contributed by atoms with E-state index in [1.54, 1.807) is 6.20 Å². The third kappa shape index (κ3) is 1.90. The standard InChI is InChI=1S/C15H9ClN4O/c16-10-3-1-2-8(4-10)9-5-11-12(18-6-9)13-14(21-11)15(17)20-7-19-13/h1-7H,(H2,17,19,20). The highest BCUT2D eigenvalue weighted by atomic mass is 35.5. The van der Waals surface area contributed by atoms with Gasteiger partial charge in [-0.25, -0.2) is 15.0 Å². The molecule has 0 unspecified atom stereocenters. The first-order chi connectivity index (χ1) is 10.2. The van der Waals surface area contributed by atoms with Gasteiger partial charge in [0.15, 0.2) is 17.0 Å². The SMILES string of the molecule is Nc1ncnc2c1oc1cc(-c3cccc(Cl)c3)cnc12. The molecule has 0 radical (unpaired) electrons. The molecule has 0 aliphatic rings. The van der Waals surface area contributed by atoms with Gasteiger partial charge >= 0.3 is 0 Å². The zero-order chi connectivity index (χ0) is 14.4. The van der Waals surface area contributed by atoms with Crippen LogP contribution >= 0.6 is 11.6 Å². The van der Waals surface area contributed by atoms with Crippen LogP contribution in [0.2, 0.25) is 5.02 Å². The summed E-state index contributed by atoms with van der Waals surface area (Å²) in [6.45, 7) is 0. The molecule has 3 heterocycles. The quantitative estimate of drug-likeness (QED) is 0.580. The van der Waals surface area contributed by atoms with E-state index in [4.69, 9.17) is 21.8 Å². The molecule has 0 aliphatic heterocycles. The van der Waals surface area contributed by atoms with Crippen molar-refractivity contribution in [3.05, 3.63) is 47.9 Å². The summed E-state index contributed by atoms with van der Waals surface area (Å²) in [6.07, 6.45) is 3.17. The molecule has 5 nitrogen and oxygen atoms in total.